The van der Waals surface area contributed by atoms with E-state index in [2.05, 4.69) is 83.2 Å². The average Bonchev–Trinajstić information content (AvgIpc) is 2.76. The van der Waals surface area contributed by atoms with Crippen molar-refractivity contribution >= 4 is 22.3 Å². The van der Waals surface area contributed by atoms with Crippen LogP contribution < -0.4 is 10.6 Å². The van der Waals surface area contributed by atoms with Gasteiger partial charge in [-0.2, -0.15) is 0 Å². The molecular weight excluding hydrogens is 358 g/mol. The molecule has 0 bridgehead atoms. The van der Waals surface area contributed by atoms with Gasteiger partial charge in [0.25, 0.3) is 0 Å². The van der Waals surface area contributed by atoms with Crippen LogP contribution in [0.2, 0.25) is 0 Å². The second-order valence-corrected chi connectivity index (χ2v) is 7.12. The number of hydrogen-bond acceptors (Lipinski definition) is 4. The molecule has 0 unspecified atom stereocenters. The number of fused-ring (bicyclic) bond motifs is 1. The highest BCUT2D eigenvalue weighted by Crippen LogP contribution is 2.31. The summed E-state index contributed by atoms with van der Waals surface area (Å²) in [5, 5.41) is 16.8. The lowest BCUT2D eigenvalue weighted by Gasteiger charge is -2.14. The van der Waals surface area contributed by atoms with E-state index >= 15 is 0 Å². The van der Waals surface area contributed by atoms with Crippen LogP contribution in [0.15, 0.2) is 79.0 Å². The molecule has 0 spiro atoms. The molecule has 1 heterocycles. The smallest absolute Gasteiger partial charge is 0.0703 e. The largest absolute Gasteiger partial charge is 0.395 e. The van der Waals surface area contributed by atoms with Crippen LogP contribution >= 0.6 is 0 Å². The summed E-state index contributed by atoms with van der Waals surface area (Å²) >= 11 is 0. The third-order valence-corrected chi connectivity index (χ3v) is 5.05. The molecule has 0 amide bonds. The Balaban J connectivity index is 1.60. The first kappa shape index (κ1) is 19.1. The Morgan fingerprint density at radius 3 is 2.62 bits per heavy atom. The van der Waals surface area contributed by atoms with Crippen molar-refractivity contribution in [1.29, 1.82) is 0 Å². The molecule has 0 radical (unpaired) electrons. The van der Waals surface area contributed by atoms with Gasteiger partial charge in [0.1, 0.15) is 0 Å². The molecule has 4 nitrogen and oxygen atoms in total. The molecule has 4 aromatic rings. The summed E-state index contributed by atoms with van der Waals surface area (Å²) in [4.78, 5) is 4.55. The average molecular weight is 383 g/mol. The number of aliphatic hydroxyl groups is 1. The molecule has 0 fully saturated rings. The number of nitrogens with one attached hydrogen (secondary N) is 2. The molecule has 146 valence electrons. The molecule has 4 rings (SSSR count). The lowest BCUT2D eigenvalue weighted by atomic mass is 9.99. The number of benzene rings is 3. The number of nitrogens with zero attached hydrogens (tertiary/aromatic N) is 1. The Kier molecular flexibility index (Phi) is 5.84. The van der Waals surface area contributed by atoms with Crippen LogP contribution in [0.25, 0.3) is 22.0 Å². The Bertz CT molecular complexity index is 1110. The first-order valence-electron chi connectivity index (χ1n) is 9.87. The maximum Gasteiger partial charge on any atom is 0.0703 e. The van der Waals surface area contributed by atoms with Crippen LogP contribution in [-0.4, -0.2) is 23.2 Å². The Hall–Kier alpha value is -3.21. The molecule has 0 atom stereocenters. The van der Waals surface area contributed by atoms with E-state index in [1.807, 2.05) is 18.3 Å². The summed E-state index contributed by atoms with van der Waals surface area (Å²) in [5.41, 5.74) is 7.87. The van der Waals surface area contributed by atoms with E-state index in [9.17, 15) is 0 Å². The number of anilines is 2. The van der Waals surface area contributed by atoms with E-state index in [-0.39, 0.29) is 6.61 Å². The van der Waals surface area contributed by atoms with Gasteiger partial charge in [0.05, 0.1) is 12.1 Å². The minimum Gasteiger partial charge on any atom is -0.395 e. The van der Waals surface area contributed by atoms with Gasteiger partial charge < -0.3 is 15.7 Å². The van der Waals surface area contributed by atoms with Crippen LogP contribution in [0.1, 0.15) is 11.1 Å². The molecule has 3 aromatic carbocycles. The van der Waals surface area contributed by atoms with Crippen molar-refractivity contribution in [2.75, 3.05) is 18.5 Å². The highest BCUT2D eigenvalue weighted by Gasteiger charge is 2.07. The molecule has 0 saturated heterocycles. The third kappa shape index (κ3) is 4.45. The fourth-order valence-electron chi connectivity index (χ4n) is 3.52. The molecule has 0 aliphatic rings. The van der Waals surface area contributed by atoms with Crippen LogP contribution in [0.3, 0.4) is 0 Å². The summed E-state index contributed by atoms with van der Waals surface area (Å²) in [6, 6.07) is 25.2. The van der Waals surface area contributed by atoms with Crippen molar-refractivity contribution in [2.24, 2.45) is 0 Å². The van der Waals surface area contributed by atoms with Crippen LogP contribution in [0.4, 0.5) is 11.4 Å². The number of aromatic nitrogens is 1. The molecule has 4 heteroatoms. The molecule has 3 N–H and O–H groups in total. The second-order valence-electron chi connectivity index (χ2n) is 7.12. The van der Waals surface area contributed by atoms with Gasteiger partial charge in [0.15, 0.2) is 0 Å². The Labute approximate surface area is 171 Å². The zero-order valence-electron chi connectivity index (χ0n) is 16.5. The van der Waals surface area contributed by atoms with Crippen molar-refractivity contribution in [3.63, 3.8) is 0 Å². The fraction of sp³-hybridized carbons (Fsp3) is 0.160. The number of aliphatic hydroxyl groups excluding tert-OH is 1. The van der Waals surface area contributed by atoms with Gasteiger partial charge in [-0.05, 0) is 59.5 Å². The van der Waals surface area contributed by atoms with E-state index in [1.54, 1.807) is 0 Å². The molecule has 0 aliphatic heterocycles. The highest BCUT2D eigenvalue weighted by atomic mass is 16.3. The number of hydrogen-bond donors (Lipinski definition) is 3. The topological polar surface area (TPSA) is 57.2 Å². The summed E-state index contributed by atoms with van der Waals surface area (Å²) < 4.78 is 0. The second kappa shape index (κ2) is 8.86. The molecular formula is C25H25N3O. The van der Waals surface area contributed by atoms with Crippen molar-refractivity contribution in [3.05, 3.63) is 90.1 Å². The van der Waals surface area contributed by atoms with Gasteiger partial charge >= 0.3 is 0 Å². The van der Waals surface area contributed by atoms with Gasteiger partial charge in [-0.25, -0.2) is 0 Å². The summed E-state index contributed by atoms with van der Waals surface area (Å²) in [6.07, 6.45) is 1.88. The lowest BCUT2D eigenvalue weighted by Crippen LogP contribution is -2.17. The highest BCUT2D eigenvalue weighted by molar-refractivity contribution is 5.85. The Morgan fingerprint density at radius 1 is 0.931 bits per heavy atom. The first-order chi connectivity index (χ1) is 14.2. The minimum atomic E-state index is 0.135. The lowest BCUT2D eigenvalue weighted by molar-refractivity contribution is 0.292. The molecule has 0 saturated carbocycles. The Morgan fingerprint density at radius 2 is 1.79 bits per heavy atom. The van der Waals surface area contributed by atoms with E-state index in [4.69, 9.17) is 5.11 Å². The van der Waals surface area contributed by atoms with Gasteiger partial charge in [-0.15, -0.1) is 0 Å². The first-order valence-corrected chi connectivity index (χ1v) is 9.87. The van der Waals surface area contributed by atoms with Gasteiger partial charge in [0, 0.05) is 36.0 Å². The SMILES string of the molecule is Cc1c(Nc2ccc3ncc(CNCCO)cc3c2)cccc1-c1ccccc1. The number of pyridine rings is 1. The van der Waals surface area contributed by atoms with E-state index in [0.29, 0.717) is 13.1 Å². The quantitative estimate of drug-likeness (QED) is 0.392. The van der Waals surface area contributed by atoms with E-state index < -0.39 is 0 Å². The van der Waals surface area contributed by atoms with Crippen LogP contribution in [0.5, 0.6) is 0 Å². The molecule has 29 heavy (non-hydrogen) atoms. The van der Waals surface area contributed by atoms with Gasteiger partial charge in [-0.1, -0.05) is 42.5 Å². The van der Waals surface area contributed by atoms with Crippen molar-refractivity contribution in [1.82, 2.24) is 10.3 Å². The maximum absolute atomic E-state index is 8.92. The van der Waals surface area contributed by atoms with E-state index in [0.717, 1.165) is 27.8 Å². The van der Waals surface area contributed by atoms with Crippen LogP contribution in [0, 0.1) is 6.92 Å². The normalized spacial score (nSPS) is 11.0. The fourth-order valence-corrected chi connectivity index (χ4v) is 3.52. The van der Waals surface area contributed by atoms with Gasteiger partial charge in [-0.3, -0.25) is 4.98 Å². The summed E-state index contributed by atoms with van der Waals surface area (Å²) in [5.74, 6) is 0. The third-order valence-electron chi connectivity index (χ3n) is 5.05. The zero-order chi connectivity index (χ0) is 20.1. The standard InChI is InChI=1S/C25H25N3O/c1-18-23(20-6-3-2-4-7-20)8-5-9-24(18)28-22-10-11-25-21(15-22)14-19(17-27-25)16-26-12-13-29/h2-11,14-15,17,26,28-29H,12-13,16H2,1H3. The summed E-state index contributed by atoms with van der Waals surface area (Å²) in [6.45, 7) is 3.56. The summed E-state index contributed by atoms with van der Waals surface area (Å²) in [7, 11) is 0. The van der Waals surface area contributed by atoms with Crippen molar-refractivity contribution in [2.45, 2.75) is 13.5 Å². The molecule has 0 aliphatic carbocycles. The predicted octanol–water partition coefficient (Wildman–Crippen LogP) is 5.04. The monoisotopic (exact) mass is 383 g/mol. The van der Waals surface area contributed by atoms with Gasteiger partial charge in [0.2, 0.25) is 0 Å². The van der Waals surface area contributed by atoms with Crippen LogP contribution in [-0.2, 0) is 6.54 Å². The number of rotatable bonds is 7. The molecule has 1 aromatic heterocycles. The van der Waals surface area contributed by atoms with Crippen molar-refractivity contribution in [3.8, 4) is 11.1 Å². The van der Waals surface area contributed by atoms with E-state index in [1.165, 1.54) is 16.7 Å². The maximum atomic E-state index is 8.92. The minimum absolute atomic E-state index is 0.135. The zero-order valence-corrected chi connectivity index (χ0v) is 16.5. The van der Waals surface area contributed by atoms with Crippen molar-refractivity contribution < 1.29 is 5.11 Å². The predicted molar refractivity (Wildman–Crippen MR) is 120 cm³/mol.